The lowest BCUT2D eigenvalue weighted by atomic mass is 10.1. The molecule has 0 aliphatic carbocycles. The van der Waals surface area contributed by atoms with E-state index in [1.807, 2.05) is 27.7 Å². The van der Waals surface area contributed by atoms with E-state index >= 15 is 0 Å². The highest BCUT2D eigenvalue weighted by Crippen LogP contribution is 2.31. The Morgan fingerprint density at radius 2 is 2.07 bits per heavy atom. The normalized spacial score (nSPS) is 23.5. The molecule has 0 unspecified atom stereocenters. The summed E-state index contributed by atoms with van der Waals surface area (Å²) < 4.78 is 0. The van der Waals surface area contributed by atoms with Crippen LogP contribution in [-0.2, 0) is 9.63 Å². The smallest absolute Gasteiger partial charge is 0.331 e. The maximum absolute atomic E-state index is 10.3. The molecule has 0 aromatic rings. The molecule has 1 heterocycles. The zero-order valence-electron chi connectivity index (χ0n) is 9.39. The van der Waals surface area contributed by atoms with Crippen LogP contribution in [0.5, 0.6) is 0 Å². The Hall–Kier alpha value is -1.36. The first kappa shape index (κ1) is 11.7. The van der Waals surface area contributed by atoms with E-state index < -0.39 is 11.6 Å². The van der Waals surface area contributed by atoms with Crippen LogP contribution < -0.4 is 0 Å². The molecule has 0 fully saturated rings. The van der Waals surface area contributed by atoms with Crippen LogP contribution in [0, 0.1) is 0 Å². The monoisotopic (exact) mass is 212 g/mol. The van der Waals surface area contributed by atoms with Gasteiger partial charge in [0.15, 0.2) is 0 Å². The number of rotatable bonds is 3. The molecular formula is C10H16N2O3. The molecule has 15 heavy (non-hydrogen) atoms. The molecule has 0 saturated carbocycles. The van der Waals surface area contributed by atoms with Gasteiger partial charge in [0.2, 0.25) is 0 Å². The van der Waals surface area contributed by atoms with Crippen molar-refractivity contribution in [3.05, 3.63) is 12.3 Å². The molecule has 0 bridgehead atoms. The second-order valence-electron chi connectivity index (χ2n) is 4.45. The predicted octanol–water partition coefficient (Wildman–Crippen LogP) is 1.42. The highest BCUT2D eigenvalue weighted by molar-refractivity contribution is 5.79. The summed E-state index contributed by atoms with van der Waals surface area (Å²) in [6, 6.07) is 0. The van der Waals surface area contributed by atoms with Crippen LogP contribution in [0.25, 0.3) is 0 Å². The van der Waals surface area contributed by atoms with Gasteiger partial charge in [0.1, 0.15) is 11.9 Å². The lowest BCUT2D eigenvalue weighted by molar-refractivity contribution is -0.194. The van der Waals surface area contributed by atoms with Crippen LogP contribution in [-0.4, -0.2) is 33.6 Å². The van der Waals surface area contributed by atoms with Crippen molar-refractivity contribution in [2.75, 3.05) is 0 Å². The minimum absolute atomic E-state index is 0.341. The first-order chi connectivity index (χ1) is 6.76. The van der Waals surface area contributed by atoms with Gasteiger partial charge in [0.05, 0.1) is 11.6 Å². The van der Waals surface area contributed by atoms with Crippen LogP contribution in [0.15, 0.2) is 17.3 Å². The third-order valence-electron chi connectivity index (χ3n) is 2.09. The van der Waals surface area contributed by atoms with E-state index in [1.54, 1.807) is 11.3 Å². The van der Waals surface area contributed by atoms with Crippen LogP contribution in [0.3, 0.4) is 0 Å². The number of hydrogen-bond donors (Lipinski definition) is 1. The van der Waals surface area contributed by atoms with Crippen molar-refractivity contribution >= 4 is 12.2 Å². The number of aliphatic carboxylic acids is 1. The minimum atomic E-state index is -1.04. The molecule has 0 spiro atoms. The fourth-order valence-electron chi connectivity index (χ4n) is 1.54. The van der Waals surface area contributed by atoms with Gasteiger partial charge < -0.3 is 9.94 Å². The van der Waals surface area contributed by atoms with E-state index in [2.05, 4.69) is 4.99 Å². The average molecular weight is 212 g/mol. The first-order valence-corrected chi connectivity index (χ1v) is 4.69. The SMILES string of the molecule is CC1(C)C=NC(C)(C)N1OC=CC(=O)O. The third kappa shape index (κ3) is 2.56. The molecule has 0 atom stereocenters. The highest BCUT2D eigenvalue weighted by atomic mass is 16.7. The second-order valence-corrected chi connectivity index (χ2v) is 4.45. The molecule has 1 aliphatic heterocycles. The molecule has 0 aromatic carbocycles. The molecule has 84 valence electrons. The Kier molecular flexibility index (Phi) is 2.86. The number of carboxylic acids is 1. The van der Waals surface area contributed by atoms with Crippen molar-refractivity contribution in [3.63, 3.8) is 0 Å². The largest absolute Gasteiger partial charge is 0.478 e. The standard InChI is InChI=1S/C10H16N2O3/c1-9(2)7-11-10(3,4)12(9)15-6-5-8(13)14/h5-7H,1-4H3,(H,13,14). The molecule has 0 saturated heterocycles. The van der Waals surface area contributed by atoms with Gasteiger partial charge in [0, 0.05) is 6.21 Å². The van der Waals surface area contributed by atoms with Crippen LogP contribution in [0.2, 0.25) is 0 Å². The Balaban J connectivity index is 2.72. The van der Waals surface area contributed by atoms with Gasteiger partial charge in [-0.2, -0.15) is 0 Å². The summed E-state index contributed by atoms with van der Waals surface area (Å²) in [4.78, 5) is 19.9. The first-order valence-electron chi connectivity index (χ1n) is 4.69. The summed E-state index contributed by atoms with van der Waals surface area (Å²) in [6.07, 6.45) is 3.90. The Morgan fingerprint density at radius 1 is 1.47 bits per heavy atom. The van der Waals surface area contributed by atoms with Crippen molar-refractivity contribution in [1.29, 1.82) is 0 Å². The van der Waals surface area contributed by atoms with Gasteiger partial charge in [-0.15, -0.1) is 5.06 Å². The third-order valence-corrected chi connectivity index (χ3v) is 2.09. The Bertz CT molecular complexity index is 301. The molecule has 1 rings (SSSR count). The molecule has 0 amide bonds. The number of aliphatic imine (C=N–C) groups is 1. The maximum Gasteiger partial charge on any atom is 0.331 e. The van der Waals surface area contributed by atoms with Crippen molar-refractivity contribution < 1.29 is 14.7 Å². The molecule has 0 radical (unpaired) electrons. The van der Waals surface area contributed by atoms with E-state index in [-0.39, 0.29) is 5.54 Å². The summed E-state index contributed by atoms with van der Waals surface area (Å²) in [7, 11) is 0. The topological polar surface area (TPSA) is 62.1 Å². The van der Waals surface area contributed by atoms with Crippen LogP contribution in [0.1, 0.15) is 27.7 Å². The minimum Gasteiger partial charge on any atom is -0.478 e. The lowest BCUT2D eigenvalue weighted by Gasteiger charge is -2.35. The quantitative estimate of drug-likeness (QED) is 0.567. The Morgan fingerprint density at radius 3 is 2.47 bits per heavy atom. The zero-order chi connectivity index (χ0) is 11.7. The van der Waals surface area contributed by atoms with Gasteiger partial charge >= 0.3 is 5.97 Å². The molecule has 5 heteroatoms. The highest BCUT2D eigenvalue weighted by Gasteiger charge is 2.43. The summed E-state index contributed by atoms with van der Waals surface area (Å²) in [5.41, 5.74) is -0.821. The van der Waals surface area contributed by atoms with Gasteiger partial charge in [-0.25, -0.2) is 4.79 Å². The van der Waals surface area contributed by atoms with Gasteiger partial charge in [-0.1, -0.05) is 0 Å². The molecular weight excluding hydrogens is 196 g/mol. The predicted molar refractivity (Wildman–Crippen MR) is 56.3 cm³/mol. The summed E-state index contributed by atoms with van der Waals surface area (Å²) in [6.45, 7) is 7.68. The number of hydrogen-bond acceptors (Lipinski definition) is 4. The van der Waals surface area contributed by atoms with Crippen LogP contribution >= 0.6 is 0 Å². The summed E-state index contributed by atoms with van der Waals surface area (Å²) in [5, 5.41) is 10.1. The fraction of sp³-hybridized carbons (Fsp3) is 0.600. The number of carbonyl (C=O) groups is 1. The molecule has 5 nitrogen and oxygen atoms in total. The average Bonchev–Trinajstić information content (AvgIpc) is 2.27. The maximum atomic E-state index is 10.3. The second kappa shape index (κ2) is 3.66. The number of carboxylic acid groups (broad SMARTS) is 1. The number of hydroxylamine groups is 2. The van der Waals surface area contributed by atoms with Gasteiger partial charge in [0.25, 0.3) is 0 Å². The molecule has 0 aromatic heterocycles. The lowest BCUT2D eigenvalue weighted by Crippen LogP contribution is -2.49. The van der Waals surface area contributed by atoms with Gasteiger partial charge in [-0.3, -0.25) is 4.99 Å². The van der Waals surface area contributed by atoms with Crippen LogP contribution in [0.4, 0.5) is 0 Å². The van der Waals surface area contributed by atoms with E-state index in [9.17, 15) is 4.79 Å². The fourth-order valence-corrected chi connectivity index (χ4v) is 1.54. The number of nitrogens with zero attached hydrogens (tertiary/aromatic N) is 2. The van der Waals surface area contributed by atoms with Crippen molar-refractivity contribution in [1.82, 2.24) is 5.06 Å². The Labute approximate surface area is 89.0 Å². The molecule has 1 N–H and O–H groups in total. The zero-order valence-corrected chi connectivity index (χ0v) is 9.39. The summed E-state index contributed by atoms with van der Waals surface area (Å²) in [5.74, 6) is -1.04. The van der Waals surface area contributed by atoms with Crippen molar-refractivity contribution in [2.45, 2.75) is 38.9 Å². The summed E-state index contributed by atoms with van der Waals surface area (Å²) >= 11 is 0. The van der Waals surface area contributed by atoms with Crippen molar-refractivity contribution in [3.8, 4) is 0 Å². The van der Waals surface area contributed by atoms with Gasteiger partial charge in [-0.05, 0) is 27.7 Å². The molecule has 1 aliphatic rings. The van der Waals surface area contributed by atoms with Crippen molar-refractivity contribution in [2.24, 2.45) is 4.99 Å². The van der Waals surface area contributed by atoms with E-state index in [1.165, 1.54) is 0 Å². The van der Waals surface area contributed by atoms with E-state index in [0.717, 1.165) is 12.3 Å². The van der Waals surface area contributed by atoms with E-state index in [0.29, 0.717) is 0 Å². The van der Waals surface area contributed by atoms with E-state index in [4.69, 9.17) is 9.94 Å².